The van der Waals surface area contributed by atoms with E-state index < -0.39 is 0 Å². The van der Waals surface area contributed by atoms with Gasteiger partial charge in [0, 0.05) is 16.7 Å². The minimum Gasteiger partial charge on any atom is -0.238 e. The molecule has 0 unspecified atom stereocenters. The number of benzene rings is 10. The zero-order valence-corrected chi connectivity index (χ0v) is 35.6. The van der Waals surface area contributed by atoms with Crippen molar-refractivity contribution in [3.05, 3.63) is 241 Å². The van der Waals surface area contributed by atoms with E-state index in [0.717, 1.165) is 72.3 Å². The SMILES string of the molecule is [C-]#[N+]c1ccc(-c2ccccc2-c2nc(-c3ccccc3)nc(-c3ccc(-c4ccc(C#N)cc4)cc3)n2)c(-c2cccc(-c3cccc(-c4ccc5ccc6ccccc6c5c4)c3)c2)c1. The molecule has 0 saturated heterocycles. The molecule has 1 aromatic heterocycles. The summed E-state index contributed by atoms with van der Waals surface area (Å²) in [4.78, 5) is 19.2. The Morgan fingerprint density at radius 2 is 0.818 bits per heavy atom. The Hall–Kier alpha value is -9.29. The molecule has 306 valence electrons. The second kappa shape index (κ2) is 17.1. The first-order valence-corrected chi connectivity index (χ1v) is 21.8. The van der Waals surface area contributed by atoms with Crippen molar-refractivity contribution in [3.63, 3.8) is 0 Å². The maximum atomic E-state index is 9.29. The van der Waals surface area contributed by atoms with Crippen LogP contribution < -0.4 is 0 Å². The van der Waals surface area contributed by atoms with Crippen molar-refractivity contribution < 1.29 is 0 Å². The Kier molecular flexibility index (Phi) is 10.3. The summed E-state index contributed by atoms with van der Waals surface area (Å²) in [6.45, 7) is 8.01. The van der Waals surface area contributed by atoms with E-state index in [2.05, 4.69) is 138 Å². The van der Waals surface area contributed by atoms with Gasteiger partial charge in [0.25, 0.3) is 0 Å². The van der Waals surface area contributed by atoms with Crippen LogP contribution in [0.5, 0.6) is 0 Å². The first kappa shape index (κ1) is 39.5. The molecule has 0 bridgehead atoms. The molecule has 11 rings (SSSR count). The molecule has 0 fully saturated rings. The van der Waals surface area contributed by atoms with Gasteiger partial charge >= 0.3 is 0 Å². The Morgan fingerprint density at radius 3 is 1.52 bits per heavy atom. The second-order valence-corrected chi connectivity index (χ2v) is 16.2. The number of nitriles is 1. The van der Waals surface area contributed by atoms with Gasteiger partial charge < -0.3 is 0 Å². The molecule has 66 heavy (non-hydrogen) atoms. The zero-order valence-electron chi connectivity index (χ0n) is 35.6. The van der Waals surface area contributed by atoms with Crippen LogP contribution in [0, 0.1) is 17.9 Å². The molecule has 10 aromatic carbocycles. The van der Waals surface area contributed by atoms with E-state index >= 15 is 0 Å². The van der Waals surface area contributed by atoms with E-state index in [1.807, 2.05) is 97.1 Å². The average molecular weight is 840 g/mol. The third kappa shape index (κ3) is 7.64. The highest BCUT2D eigenvalue weighted by molar-refractivity contribution is 6.08. The molecule has 5 heteroatoms. The lowest BCUT2D eigenvalue weighted by atomic mass is 9.89. The third-order valence-electron chi connectivity index (χ3n) is 12.2. The molecule has 11 aromatic rings. The summed E-state index contributed by atoms with van der Waals surface area (Å²) in [6, 6.07) is 79.0. The topological polar surface area (TPSA) is 66.8 Å². The van der Waals surface area contributed by atoms with Crippen LogP contribution in [-0.4, -0.2) is 15.0 Å². The summed E-state index contributed by atoms with van der Waals surface area (Å²) in [5.74, 6) is 1.66. The zero-order chi connectivity index (χ0) is 44.4. The van der Waals surface area contributed by atoms with Crippen molar-refractivity contribution in [2.24, 2.45) is 0 Å². The van der Waals surface area contributed by atoms with Crippen LogP contribution in [0.2, 0.25) is 0 Å². The van der Waals surface area contributed by atoms with E-state index in [9.17, 15) is 5.26 Å². The maximum Gasteiger partial charge on any atom is 0.187 e. The molecule has 0 saturated carbocycles. The molecule has 0 aliphatic carbocycles. The van der Waals surface area contributed by atoms with E-state index in [1.54, 1.807) is 0 Å². The third-order valence-corrected chi connectivity index (χ3v) is 12.2. The van der Waals surface area contributed by atoms with E-state index in [4.69, 9.17) is 21.5 Å². The summed E-state index contributed by atoms with van der Waals surface area (Å²) < 4.78 is 0. The fourth-order valence-corrected chi connectivity index (χ4v) is 8.81. The molecular weight excluding hydrogens is 803 g/mol. The molecule has 0 atom stereocenters. The van der Waals surface area contributed by atoms with Gasteiger partial charge in [0.05, 0.1) is 18.2 Å². The smallest absolute Gasteiger partial charge is 0.187 e. The number of hydrogen-bond acceptors (Lipinski definition) is 4. The first-order chi connectivity index (χ1) is 32.6. The van der Waals surface area contributed by atoms with Crippen LogP contribution >= 0.6 is 0 Å². The maximum absolute atomic E-state index is 9.29. The van der Waals surface area contributed by atoms with Gasteiger partial charge in [-0.15, -0.1) is 0 Å². The molecule has 0 amide bonds. The highest BCUT2D eigenvalue weighted by Gasteiger charge is 2.19. The van der Waals surface area contributed by atoms with Crippen molar-refractivity contribution in [2.45, 2.75) is 0 Å². The molecular formula is C61H37N5. The summed E-state index contributed by atoms with van der Waals surface area (Å²) in [6.07, 6.45) is 0. The van der Waals surface area contributed by atoms with Crippen molar-refractivity contribution in [2.75, 3.05) is 0 Å². The van der Waals surface area contributed by atoms with Gasteiger partial charge in [0.1, 0.15) is 0 Å². The van der Waals surface area contributed by atoms with Gasteiger partial charge in [-0.2, -0.15) is 5.26 Å². The average Bonchev–Trinajstić information content (AvgIpc) is 3.40. The van der Waals surface area contributed by atoms with Crippen LogP contribution in [0.25, 0.3) is 116 Å². The standard InChI is InChI=1S/C61H37N5/c1-63-52-33-34-55(58(38-52)51-17-10-16-49(36-51)47-14-9-15-48(35-47)50-32-29-44-28-27-43-11-5-6-18-53(43)57(44)37-50)54-19-7-8-20-56(54)61-65-59(45-12-3-2-4-13-45)64-60(66-61)46-30-25-42(26-31-46)41-23-21-40(39-62)22-24-41/h2-38H. The van der Waals surface area contributed by atoms with Crippen LogP contribution in [-0.2, 0) is 0 Å². The summed E-state index contributed by atoms with van der Waals surface area (Å²) >= 11 is 0. The van der Waals surface area contributed by atoms with Crippen LogP contribution in [0.1, 0.15) is 5.56 Å². The Balaban J connectivity index is 0.991. The quantitative estimate of drug-likeness (QED) is 0.113. The van der Waals surface area contributed by atoms with E-state index in [0.29, 0.717) is 28.7 Å². The number of aromatic nitrogens is 3. The predicted octanol–water partition coefficient (Wildman–Crippen LogP) is 15.9. The monoisotopic (exact) mass is 839 g/mol. The van der Waals surface area contributed by atoms with Crippen molar-refractivity contribution in [1.29, 1.82) is 5.26 Å². The number of rotatable bonds is 8. The highest BCUT2D eigenvalue weighted by atomic mass is 15.0. The normalized spacial score (nSPS) is 11.0. The number of fused-ring (bicyclic) bond motifs is 3. The van der Waals surface area contributed by atoms with E-state index in [-0.39, 0.29) is 0 Å². The number of hydrogen-bond donors (Lipinski definition) is 0. The Labute approximate surface area is 383 Å². The molecule has 1 heterocycles. The van der Waals surface area contributed by atoms with Crippen LogP contribution in [0.4, 0.5) is 5.69 Å². The molecule has 0 aliphatic rings. The van der Waals surface area contributed by atoms with Gasteiger partial charge in [-0.1, -0.05) is 188 Å². The van der Waals surface area contributed by atoms with Crippen molar-refractivity contribution in [3.8, 4) is 95.9 Å². The van der Waals surface area contributed by atoms with E-state index in [1.165, 1.54) is 21.5 Å². The van der Waals surface area contributed by atoms with Gasteiger partial charge in [0.15, 0.2) is 23.2 Å². The van der Waals surface area contributed by atoms with Gasteiger partial charge in [-0.25, -0.2) is 19.8 Å². The fourth-order valence-electron chi connectivity index (χ4n) is 8.81. The highest BCUT2D eigenvalue weighted by Crippen LogP contribution is 2.41. The van der Waals surface area contributed by atoms with Gasteiger partial charge in [0.2, 0.25) is 0 Å². The molecule has 0 aliphatic heterocycles. The first-order valence-electron chi connectivity index (χ1n) is 21.8. The minimum atomic E-state index is 0.540. The molecule has 0 spiro atoms. The van der Waals surface area contributed by atoms with Crippen molar-refractivity contribution in [1.82, 2.24) is 15.0 Å². The van der Waals surface area contributed by atoms with Gasteiger partial charge in [-0.05, 0) is 114 Å². The summed E-state index contributed by atoms with van der Waals surface area (Å²) in [7, 11) is 0. The minimum absolute atomic E-state index is 0.540. The largest absolute Gasteiger partial charge is 0.238 e. The summed E-state index contributed by atoms with van der Waals surface area (Å²) in [5.41, 5.74) is 14.1. The molecule has 0 N–H and O–H groups in total. The predicted molar refractivity (Wildman–Crippen MR) is 269 cm³/mol. The van der Waals surface area contributed by atoms with Crippen LogP contribution in [0.15, 0.2) is 224 Å². The lowest BCUT2D eigenvalue weighted by Gasteiger charge is -2.16. The fraction of sp³-hybridized carbons (Fsp3) is 0. The van der Waals surface area contributed by atoms with Crippen molar-refractivity contribution >= 4 is 27.2 Å². The molecule has 0 radical (unpaired) electrons. The van der Waals surface area contributed by atoms with Crippen LogP contribution in [0.3, 0.4) is 0 Å². The van der Waals surface area contributed by atoms with Gasteiger partial charge in [-0.3, -0.25) is 0 Å². The lowest BCUT2D eigenvalue weighted by molar-refractivity contribution is 1.07. The summed E-state index contributed by atoms with van der Waals surface area (Å²) in [5, 5.41) is 14.2. The number of nitrogens with zero attached hydrogens (tertiary/aromatic N) is 5. The second-order valence-electron chi connectivity index (χ2n) is 16.2. The Bertz CT molecular complexity index is 3710. The lowest BCUT2D eigenvalue weighted by Crippen LogP contribution is -2.01. The Morgan fingerprint density at radius 1 is 0.333 bits per heavy atom. The molecule has 5 nitrogen and oxygen atoms in total.